The minimum Gasteiger partial charge on any atom is -0.305 e. The molecule has 2 rings (SSSR count). The standard InChI is InChI=1S/C7H4BN3O.C2H6/c8-5-3-9-4-1-2-6(12)11-7(4)10-5;1-2/h1-3H,(H,10,11,12);1-2H3. The van der Waals surface area contributed by atoms with Crippen LogP contribution in [-0.2, 0) is 0 Å². The molecular weight excluding hydrogens is 177 g/mol. The van der Waals surface area contributed by atoms with Crippen molar-refractivity contribution in [3.05, 3.63) is 28.7 Å². The number of hydrogen-bond acceptors (Lipinski definition) is 3. The van der Waals surface area contributed by atoms with E-state index in [4.69, 9.17) is 7.85 Å². The van der Waals surface area contributed by atoms with Gasteiger partial charge < -0.3 is 4.98 Å². The number of nitrogens with zero attached hydrogens (tertiary/aromatic N) is 2. The van der Waals surface area contributed by atoms with Crippen molar-refractivity contribution >= 4 is 24.6 Å². The van der Waals surface area contributed by atoms with E-state index in [-0.39, 0.29) is 5.56 Å². The Hall–Kier alpha value is -1.65. The molecule has 0 amide bonds. The first-order chi connectivity index (χ1) is 6.75. The lowest BCUT2D eigenvalue weighted by Crippen LogP contribution is -2.12. The fraction of sp³-hybridized carbons (Fsp3) is 0.222. The highest BCUT2D eigenvalue weighted by molar-refractivity contribution is 6.30. The van der Waals surface area contributed by atoms with Crippen molar-refractivity contribution in [1.29, 1.82) is 0 Å². The van der Waals surface area contributed by atoms with Gasteiger partial charge in [0, 0.05) is 17.9 Å². The summed E-state index contributed by atoms with van der Waals surface area (Å²) in [4.78, 5) is 21.2. The molecule has 5 heteroatoms. The van der Waals surface area contributed by atoms with Gasteiger partial charge in [-0.25, -0.2) is 4.98 Å². The summed E-state index contributed by atoms with van der Waals surface area (Å²) in [5.74, 6) is 0. The Morgan fingerprint density at radius 3 is 2.79 bits per heavy atom. The number of pyridine rings is 1. The molecule has 14 heavy (non-hydrogen) atoms. The lowest BCUT2D eigenvalue weighted by atomic mass is 10.1. The Labute approximate surface area is 82.8 Å². The predicted molar refractivity (Wildman–Crippen MR) is 56.9 cm³/mol. The van der Waals surface area contributed by atoms with E-state index in [1.165, 1.54) is 12.3 Å². The van der Waals surface area contributed by atoms with E-state index in [0.29, 0.717) is 16.8 Å². The summed E-state index contributed by atoms with van der Waals surface area (Å²) in [6.45, 7) is 4.00. The molecule has 4 nitrogen and oxygen atoms in total. The highest BCUT2D eigenvalue weighted by Gasteiger charge is 1.95. The average molecular weight is 187 g/mol. The molecule has 2 aromatic rings. The van der Waals surface area contributed by atoms with E-state index in [1.807, 2.05) is 13.8 Å². The van der Waals surface area contributed by atoms with E-state index in [9.17, 15) is 4.79 Å². The van der Waals surface area contributed by atoms with Gasteiger partial charge >= 0.3 is 0 Å². The molecule has 0 fully saturated rings. The Balaban J connectivity index is 0.000000461. The predicted octanol–water partition coefficient (Wildman–Crippen LogP) is 0.138. The molecule has 0 saturated heterocycles. The summed E-state index contributed by atoms with van der Waals surface area (Å²) in [5.41, 5.74) is 1.14. The fourth-order valence-electron chi connectivity index (χ4n) is 0.939. The van der Waals surface area contributed by atoms with Crippen molar-refractivity contribution in [2.75, 3.05) is 0 Å². The Kier molecular flexibility index (Phi) is 3.39. The summed E-state index contributed by atoms with van der Waals surface area (Å²) in [5, 5.41) is 0. The first kappa shape index (κ1) is 10.4. The van der Waals surface area contributed by atoms with Crippen molar-refractivity contribution in [2.45, 2.75) is 13.8 Å². The molecule has 70 valence electrons. The fourth-order valence-corrected chi connectivity index (χ4v) is 0.939. The van der Waals surface area contributed by atoms with Crippen molar-refractivity contribution in [3.8, 4) is 0 Å². The van der Waals surface area contributed by atoms with Gasteiger partial charge in [0.25, 0.3) is 0 Å². The van der Waals surface area contributed by atoms with Gasteiger partial charge in [-0.1, -0.05) is 13.8 Å². The third-order valence-electron chi connectivity index (χ3n) is 1.45. The lowest BCUT2D eigenvalue weighted by molar-refractivity contribution is 1.21. The summed E-state index contributed by atoms with van der Waals surface area (Å²) in [6.07, 6.45) is 1.45. The summed E-state index contributed by atoms with van der Waals surface area (Å²) < 4.78 is 0. The zero-order valence-electron chi connectivity index (χ0n) is 8.11. The van der Waals surface area contributed by atoms with Crippen LogP contribution in [0.3, 0.4) is 0 Å². The van der Waals surface area contributed by atoms with Crippen molar-refractivity contribution < 1.29 is 0 Å². The van der Waals surface area contributed by atoms with Gasteiger partial charge in [-0.05, 0) is 6.07 Å². The van der Waals surface area contributed by atoms with Crippen LogP contribution >= 0.6 is 0 Å². The highest BCUT2D eigenvalue weighted by Crippen LogP contribution is 1.97. The van der Waals surface area contributed by atoms with Crippen LogP contribution in [0.5, 0.6) is 0 Å². The maximum Gasteiger partial charge on any atom is 0.249 e. The number of fused-ring (bicyclic) bond motifs is 1. The Morgan fingerprint density at radius 1 is 1.36 bits per heavy atom. The molecule has 2 radical (unpaired) electrons. The molecule has 0 aliphatic heterocycles. The molecule has 0 saturated carbocycles. The number of aromatic nitrogens is 3. The van der Waals surface area contributed by atoms with Gasteiger partial charge in [0.15, 0.2) is 5.65 Å². The highest BCUT2D eigenvalue weighted by atomic mass is 16.1. The largest absolute Gasteiger partial charge is 0.305 e. The molecule has 1 N–H and O–H groups in total. The molecule has 2 heterocycles. The molecule has 0 unspecified atom stereocenters. The zero-order valence-corrected chi connectivity index (χ0v) is 8.11. The molecule has 2 aromatic heterocycles. The van der Waals surface area contributed by atoms with E-state index >= 15 is 0 Å². The van der Waals surface area contributed by atoms with E-state index in [2.05, 4.69) is 15.0 Å². The monoisotopic (exact) mass is 187 g/mol. The second-order valence-corrected chi connectivity index (χ2v) is 2.35. The summed E-state index contributed by atoms with van der Waals surface area (Å²) in [6, 6.07) is 2.99. The number of hydrogen-bond donors (Lipinski definition) is 1. The van der Waals surface area contributed by atoms with Crippen LogP contribution in [0.2, 0.25) is 0 Å². The van der Waals surface area contributed by atoms with Gasteiger partial charge in [-0.3, -0.25) is 9.78 Å². The lowest BCUT2D eigenvalue weighted by Gasteiger charge is -1.95. The first-order valence-electron chi connectivity index (χ1n) is 4.37. The van der Waals surface area contributed by atoms with Crippen LogP contribution in [0.15, 0.2) is 23.1 Å². The van der Waals surface area contributed by atoms with Crippen LogP contribution in [0.1, 0.15) is 13.8 Å². The van der Waals surface area contributed by atoms with Crippen molar-refractivity contribution in [1.82, 2.24) is 15.0 Å². The molecule has 0 atom stereocenters. The minimum absolute atomic E-state index is 0.206. The summed E-state index contributed by atoms with van der Waals surface area (Å²) in [7, 11) is 5.38. The van der Waals surface area contributed by atoms with Crippen LogP contribution in [-0.4, -0.2) is 22.8 Å². The Morgan fingerprint density at radius 2 is 2.07 bits per heavy atom. The number of rotatable bonds is 0. The van der Waals surface area contributed by atoms with Gasteiger partial charge in [0.1, 0.15) is 13.4 Å². The third kappa shape index (κ3) is 2.19. The van der Waals surface area contributed by atoms with Crippen LogP contribution < -0.4 is 11.2 Å². The first-order valence-corrected chi connectivity index (χ1v) is 4.37. The molecule has 0 spiro atoms. The number of H-pyrrole nitrogens is 1. The topological polar surface area (TPSA) is 58.6 Å². The Bertz CT molecular complexity index is 481. The van der Waals surface area contributed by atoms with E-state index in [0.717, 1.165) is 0 Å². The maximum atomic E-state index is 10.8. The van der Waals surface area contributed by atoms with Crippen molar-refractivity contribution in [2.24, 2.45) is 0 Å². The molecule has 0 bridgehead atoms. The van der Waals surface area contributed by atoms with Crippen molar-refractivity contribution in [3.63, 3.8) is 0 Å². The van der Waals surface area contributed by atoms with Crippen LogP contribution in [0, 0.1) is 0 Å². The number of nitrogens with one attached hydrogen (secondary N) is 1. The molecule has 0 aliphatic rings. The minimum atomic E-state index is -0.206. The molecule has 0 aromatic carbocycles. The van der Waals surface area contributed by atoms with Crippen LogP contribution in [0.4, 0.5) is 0 Å². The second kappa shape index (κ2) is 4.55. The van der Waals surface area contributed by atoms with Gasteiger partial charge in [0.2, 0.25) is 5.56 Å². The quantitative estimate of drug-likeness (QED) is 0.596. The van der Waals surface area contributed by atoms with Crippen LogP contribution in [0.25, 0.3) is 11.2 Å². The smallest absolute Gasteiger partial charge is 0.249 e. The maximum absolute atomic E-state index is 10.8. The third-order valence-corrected chi connectivity index (χ3v) is 1.45. The van der Waals surface area contributed by atoms with Gasteiger partial charge in [-0.2, -0.15) is 0 Å². The summed E-state index contributed by atoms with van der Waals surface area (Å²) >= 11 is 0. The normalized spacial score (nSPS) is 9.29. The van der Waals surface area contributed by atoms with E-state index in [1.54, 1.807) is 6.07 Å². The zero-order chi connectivity index (χ0) is 10.6. The second-order valence-electron chi connectivity index (χ2n) is 2.35. The average Bonchev–Trinajstić information content (AvgIpc) is 2.20. The molecule has 0 aliphatic carbocycles. The number of aromatic amines is 1. The SMILES string of the molecule is CC.[B]c1cnc2ccc(=O)[nH]c2n1. The molecular formula is C9H10BN3O. The van der Waals surface area contributed by atoms with Gasteiger partial charge in [-0.15, -0.1) is 0 Å². The van der Waals surface area contributed by atoms with Gasteiger partial charge in [0.05, 0.1) is 0 Å². The van der Waals surface area contributed by atoms with E-state index < -0.39 is 0 Å².